The van der Waals surface area contributed by atoms with E-state index >= 15 is 0 Å². The van der Waals surface area contributed by atoms with Crippen molar-refractivity contribution in [3.05, 3.63) is 0 Å². The molecule has 4 nitrogen and oxygen atoms in total. The van der Waals surface area contributed by atoms with Crippen LogP contribution in [-0.4, -0.2) is 61.0 Å². The lowest BCUT2D eigenvalue weighted by Crippen LogP contribution is -2.47. The molecular weight excluding hydrogens is 252 g/mol. The fraction of sp³-hybridized carbons (Fsp3) is 0.875. The summed E-state index contributed by atoms with van der Waals surface area (Å²) in [6, 6.07) is 0. The van der Waals surface area contributed by atoms with Crippen LogP contribution in [0.15, 0.2) is 0 Å². The molecule has 0 amide bonds. The van der Waals surface area contributed by atoms with Crippen LogP contribution in [0.5, 0.6) is 0 Å². The summed E-state index contributed by atoms with van der Waals surface area (Å²) in [6.45, 7) is 7.03. The fourth-order valence-electron chi connectivity index (χ4n) is 3.16. The average Bonchev–Trinajstić information content (AvgIpc) is 2.48. The van der Waals surface area contributed by atoms with Crippen molar-refractivity contribution in [3.63, 3.8) is 0 Å². The first-order valence-electron chi connectivity index (χ1n) is 7.93. The second kappa shape index (κ2) is 7.99. The van der Waals surface area contributed by atoms with E-state index in [9.17, 15) is 5.11 Å². The average molecular weight is 280 g/mol. The van der Waals surface area contributed by atoms with Gasteiger partial charge in [-0.15, -0.1) is 5.92 Å². The molecule has 1 aliphatic carbocycles. The van der Waals surface area contributed by atoms with Gasteiger partial charge in [0, 0.05) is 32.7 Å². The first kappa shape index (κ1) is 15.8. The van der Waals surface area contributed by atoms with Crippen molar-refractivity contribution in [2.75, 3.05) is 39.3 Å². The van der Waals surface area contributed by atoms with Gasteiger partial charge in [-0.05, 0) is 32.6 Å². The maximum Gasteiger partial charge on any atom is 0.128 e. The van der Waals surface area contributed by atoms with E-state index in [1.807, 2.05) is 6.92 Å². The molecule has 2 rings (SSSR count). The second-order valence-electron chi connectivity index (χ2n) is 5.95. The zero-order valence-electron chi connectivity index (χ0n) is 12.7. The largest absolute Gasteiger partial charge is 0.389 e. The van der Waals surface area contributed by atoms with Crippen LogP contribution in [0.25, 0.3) is 0 Å². The van der Waals surface area contributed by atoms with Crippen LogP contribution in [0.3, 0.4) is 0 Å². The Morgan fingerprint density at radius 1 is 1.25 bits per heavy atom. The number of hydrogen-bond acceptors (Lipinski definition) is 4. The third-order valence-electron chi connectivity index (χ3n) is 4.24. The lowest BCUT2D eigenvalue weighted by molar-refractivity contribution is -0.0702. The number of piperazine rings is 1. The summed E-state index contributed by atoms with van der Waals surface area (Å²) in [6.07, 6.45) is 5.25. The van der Waals surface area contributed by atoms with Gasteiger partial charge in [0.15, 0.2) is 0 Å². The third kappa shape index (κ3) is 4.75. The Hall–Kier alpha value is -0.600. The van der Waals surface area contributed by atoms with Crippen molar-refractivity contribution in [1.82, 2.24) is 10.2 Å². The van der Waals surface area contributed by atoms with E-state index in [0.29, 0.717) is 13.2 Å². The van der Waals surface area contributed by atoms with E-state index < -0.39 is 6.10 Å². The quantitative estimate of drug-likeness (QED) is 0.737. The molecule has 2 N–H and O–H groups in total. The number of aliphatic hydroxyl groups is 1. The van der Waals surface area contributed by atoms with Crippen LogP contribution in [0.4, 0.5) is 0 Å². The van der Waals surface area contributed by atoms with Crippen LogP contribution >= 0.6 is 0 Å². The summed E-state index contributed by atoms with van der Waals surface area (Å²) in [5.74, 6) is 6.26. The van der Waals surface area contributed by atoms with Gasteiger partial charge in [-0.2, -0.15) is 0 Å². The molecule has 20 heavy (non-hydrogen) atoms. The summed E-state index contributed by atoms with van der Waals surface area (Å²) >= 11 is 0. The maximum absolute atomic E-state index is 10.2. The minimum Gasteiger partial charge on any atom is -0.389 e. The predicted molar refractivity (Wildman–Crippen MR) is 80.5 cm³/mol. The van der Waals surface area contributed by atoms with Gasteiger partial charge < -0.3 is 15.2 Å². The van der Waals surface area contributed by atoms with Crippen molar-refractivity contribution in [3.8, 4) is 11.8 Å². The highest BCUT2D eigenvalue weighted by Gasteiger charge is 2.31. The number of rotatable bonds is 5. The molecule has 2 fully saturated rings. The molecule has 0 bridgehead atoms. The highest BCUT2D eigenvalue weighted by molar-refractivity contribution is 5.14. The van der Waals surface area contributed by atoms with Crippen molar-refractivity contribution in [2.24, 2.45) is 0 Å². The standard InChI is InChI=1S/C16H28N2O2/c1-2-6-16(7-4-3-5-8-16)20-14-15(19)13-18-11-9-17-10-12-18/h15,17,19H,3-5,7-14H2,1H3. The molecule has 0 aromatic carbocycles. The number of β-amino-alcohol motifs (C(OH)–C–C–N with tert-alkyl or cyclic N) is 1. The lowest BCUT2D eigenvalue weighted by Gasteiger charge is -2.34. The summed E-state index contributed by atoms with van der Waals surface area (Å²) in [5, 5.41) is 13.5. The van der Waals surface area contributed by atoms with Gasteiger partial charge in [-0.3, -0.25) is 4.90 Å². The molecule has 1 aliphatic heterocycles. The van der Waals surface area contributed by atoms with Crippen LogP contribution in [-0.2, 0) is 4.74 Å². The lowest BCUT2D eigenvalue weighted by atomic mass is 9.85. The Balaban J connectivity index is 1.77. The minimum absolute atomic E-state index is 0.294. The van der Waals surface area contributed by atoms with Crippen LogP contribution in [0, 0.1) is 11.8 Å². The van der Waals surface area contributed by atoms with Crippen molar-refractivity contribution in [1.29, 1.82) is 0 Å². The third-order valence-corrected chi connectivity index (χ3v) is 4.24. The van der Waals surface area contributed by atoms with Gasteiger partial charge in [0.05, 0.1) is 12.7 Å². The van der Waals surface area contributed by atoms with Crippen molar-refractivity contribution < 1.29 is 9.84 Å². The molecule has 2 aliphatic rings. The minimum atomic E-state index is -0.412. The Bertz CT molecular complexity index is 336. The smallest absolute Gasteiger partial charge is 0.128 e. The van der Waals surface area contributed by atoms with E-state index in [1.165, 1.54) is 19.3 Å². The Kier molecular flexibility index (Phi) is 6.31. The normalized spacial score (nSPS) is 24.7. The topological polar surface area (TPSA) is 44.7 Å². The Morgan fingerprint density at radius 2 is 1.95 bits per heavy atom. The van der Waals surface area contributed by atoms with E-state index in [-0.39, 0.29) is 5.60 Å². The molecule has 0 spiro atoms. The molecule has 1 atom stereocenters. The molecule has 1 heterocycles. The summed E-state index contributed by atoms with van der Waals surface area (Å²) in [7, 11) is 0. The number of nitrogens with one attached hydrogen (secondary N) is 1. The van der Waals surface area contributed by atoms with E-state index in [1.54, 1.807) is 0 Å². The van der Waals surface area contributed by atoms with Gasteiger partial charge in [0.2, 0.25) is 0 Å². The number of aliphatic hydroxyl groups excluding tert-OH is 1. The highest BCUT2D eigenvalue weighted by Crippen LogP contribution is 2.31. The number of nitrogens with zero attached hydrogens (tertiary/aromatic N) is 1. The van der Waals surface area contributed by atoms with E-state index in [4.69, 9.17) is 4.74 Å². The van der Waals surface area contributed by atoms with Crippen molar-refractivity contribution in [2.45, 2.75) is 50.7 Å². The molecule has 4 heteroatoms. The zero-order valence-corrected chi connectivity index (χ0v) is 12.7. The van der Waals surface area contributed by atoms with Gasteiger partial charge in [0.1, 0.15) is 5.60 Å². The monoisotopic (exact) mass is 280 g/mol. The summed E-state index contributed by atoms with van der Waals surface area (Å²) < 4.78 is 6.05. The maximum atomic E-state index is 10.2. The first-order chi connectivity index (χ1) is 9.74. The summed E-state index contributed by atoms with van der Waals surface area (Å²) in [4.78, 5) is 2.30. The Labute approximate surface area is 122 Å². The highest BCUT2D eigenvalue weighted by atomic mass is 16.5. The fourth-order valence-corrected chi connectivity index (χ4v) is 3.16. The van der Waals surface area contributed by atoms with Gasteiger partial charge >= 0.3 is 0 Å². The van der Waals surface area contributed by atoms with Gasteiger partial charge in [0.25, 0.3) is 0 Å². The molecular formula is C16H28N2O2. The molecule has 0 aromatic rings. The van der Waals surface area contributed by atoms with Gasteiger partial charge in [-0.25, -0.2) is 0 Å². The van der Waals surface area contributed by atoms with Crippen LogP contribution in [0.2, 0.25) is 0 Å². The second-order valence-corrected chi connectivity index (χ2v) is 5.95. The van der Waals surface area contributed by atoms with Crippen LogP contribution < -0.4 is 5.32 Å². The van der Waals surface area contributed by atoms with Gasteiger partial charge in [-0.1, -0.05) is 12.3 Å². The molecule has 0 radical (unpaired) electrons. The molecule has 0 aromatic heterocycles. The van der Waals surface area contributed by atoms with Crippen LogP contribution in [0.1, 0.15) is 39.0 Å². The predicted octanol–water partition coefficient (Wildman–Crippen LogP) is 0.995. The SMILES string of the molecule is CC#CC1(OCC(O)CN2CCNCC2)CCCCC1. The zero-order chi connectivity index (χ0) is 14.3. The Morgan fingerprint density at radius 3 is 2.60 bits per heavy atom. The molecule has 1 unspecified atom stereocenters. The number of ether oxygens (including phenoxy) is 1. The first-order valence-corrected chi connectivity index (χ1v) is 7.93. The molecule has 114 valence electrons. The van der Waals surface area contributed by atoms with Crippen molar-refractivity contribution >= 4 is 0 Å². The summed E-state index contributed by atoms with van der Waals surface area (Å²) in [5.41, 5.74) is -0.294. The number of hydrogen-bond donors (Lipinski definition) is 2. The molecule has 1 saturated heterocycles. The van der Waals surface area contributed by atoms with E-state index in [0.717, 1.165) is 39.0 Å². The van der Waals surface area contributed by atoms with E-state index in [2.05, 4.69) is 22.1 Å². The molecule has 1 saturated carbocycles.